The first-order chi connectivity index (χ1) is 13.9. The van der Waals surface area contributed by atoms with Crippen molar-refractivity contribution in [2.45, 2.75) is 38.3 Å². The van der Waals surface area contributed by atoms with Crippen LogP contribution in [0.3, 0.4) is 0 Å². The maximum absolute atomic E-state index is 15.3. The van der Waals surface area contributed by atoms with Crippen LogP contribution >= 0.6 is 23.9 Å². The molecule has 10 heteroatoms. The van der Waals surface area contributed by atoms with Crippen LogP contribution in [0.1, 0.15) is 32.2 Å². The molecular weight excluding hydrogens is 431 g/mol. The average Bonchev–Trinajstić information content (AvgIpc) is 3.26. The van der Waals surface area contributed by atoms with Crippen molar-refractivity contribution in [1.29, 1.82) is 0 Å². The number of hydrogen-bond donors (Lipinski definition) is 2. The molecule has 0 unspecified atom stereocenters. The lowest BCUT2D eigenvalue weighted by atomic mass is 10.0. The Balaban J connectivity index is 0.00000218. The van der Waals surface area contributed by atoms with Crippen molar-refractivity contribution < 1.29 is 9.13 Å². The van der Waals surface area contributed by atoms with Gasteiger partial charge in [-0.1, -0.05) is 0 Å². The second-order valence-electron chi connectivity index (χ2n) is 8.13. The standard InChI is InChI=1S/C20H23FN4O3S.ClH/c1-9(22)10-5-6-24(8-10)16-13(21)7-12-15(18(16)28-2)25(11-3-4-11)20-14(17(12)26)19(27)23-29-20;/h7,9-11H,3-6,8,22H2,1-2H3,(H,23,27);1H/t9-,10-;/m0./s1. The summed E-state index contributed by atoms with van der Waals surface area (Å²) in [7, 11) is 1.50. The van der Waals surface area contributed by atoms with Crippen molar-refractivity contribution in [2.75, 3.05) is 25.1 Å². The third-order valence-electron chi connectivity index (χ3n) is 6.20. The van der Waals surface area contributed by atoms with Crippen molar-refractivity contribution in [2.24, 2.45) is 11.7 Å². The van der Waals surface area contributed by atoms with E-state index < -0.39 is 16.8 Å². The van der Waals surface area contributed by atoms with E-state index in [0.29, 0.717) is 34.9 Å². The first kappa shape index (κ1) is 21.1. The third-order valence-corrected chi connectivity index (χ3v) is 7.08. The molecule has 3 N–H and O–H groups in total. The van der Waals surface area contributed by atoms with Gasteiger partial charge in [0.05, 0.1) is 18.0 Å². The molecule has 0 bridgehead atoms. The number of hydrogen-bond acceptors (Lipinski definition) is 6. The lowest BCUT2D eigenvalue weighted by Gasteiger charge is -2.25. The molecular formula is C20H24ClFN4O3S. The molecule has 1 aliphatic carbocycles. The Bertz CT molecular complexity index is 1250. The van der Waals surface area contributed by atoms with Crippen molar-refractivity contribution in [1.82, 2.24) is 8.94 Å². The van der Waals surface area contributed by atoms with Crippen LogP contribution in [-0.4, -0.2) is 35.2 Å². The number of methoxy groups -OCH3 is 1. The number of benzene rings is 1. The number of fused-ring (bicyclic) bond motifs is 2. The molecule has 0 spiro atoms. The van der Waals surface area contributed by atoms with Gasteiger partial charge in [0.25, 0.3) is 5.56 Å². The molecule has 2 aromatic heterocycles. The number of anilines is 1. The number of pyridine rings is 1. The summed E-state index contributed by atoms with van der Waals surface area (Å²) < 4.78 is 25.7. The second kappa shape index (κ2) is 7.55. The fraction of sp³-hybridized carbons (Fsp3) is 0.500. The summed E-state index contributed by atoms with van der Waals surface area (Å²) in [6.45, 7) is 3.29. The summed E-state index contributed by atoms with van der Waals surface area (Å²) in [6.07, 6.45) is 2.78. The highest BCUT2D eigenvalue weighted by molar-refractivity contribution is 7.12. The number of rotatable bonds is 4. The van der Waals surface area contributed by atoms with Crippen molar-refractivity contribution >= 4 is 50.7 Å². The van der Waals surface area contributed by atoms with Gasteiger partial charge in [0.1, 0.15) is 15.9 Å². The molecule has 30 heavy (non-hydrogen) atoms. The maximum Gasteiger partial charge on any atom is 0.271 e. The smallest absolute Gasteiger partial charge is 0.271 e. The predicted octanol–water partition coefficient (Wildman–Crippen LogP) is 2.98. The number of halogens is 2. The second-order valence-corrected chi connectivity index (χ2v) is 8.93. The Morgan fingerprint density at radius 3 is 2.67 bits per heavy atom. The minimum Gasteiger partial charge on any atom is -0.492 e. The highest BCUT2D eigenvalue weighted by Gasteiger charge is 2.34. The van der Waals surface area contributed by atoms with Gasteiger partial charge in [-0.2, -0.15) is 0 Å². The fourth-order valence-corrected chi connectivity index (χ4v) is 5.42. The molecule has 0 radical (unpaired) electrons. The molecule has 3 aromatic rings. The quantitative estimate of drug-likeness (QED) is 0.632. The lowest BCUT2D eigenvalue weighted by molar-refractivity contribution is 0.413. The fourth-order valence-electron chi connectivity index (χ4n) is 4.51. The lowest BCUT2D eigenvalue weighted by Crippen LogP contribution is -2.30. The summed E-state index contributed by atoms with van der Waals surface area (Å²) in [5.74, 6) is 0.125. The van der Waals surface area contributed by atoms with Crippen LogP contribution in [-0.2, 0) is 0 Å². The molecule has 2 aliphatic rings. The zero-order valence-corrected chi connectivity index (χ0v) is 18.4. The van der Waals surface area contributed by atoms with Gasteiger partial charge in [-0.05, 0) is 49.7 Å². The van der Waals surface area contributed by atoms with Gasteiger partial charge in [-0.3, -0.25) is 14.0 Å². The Morgan fingerprint density at radius 2 is 2.07 bits per heavy atom. The van der Waals surface area contributed by atoms with E-state index in [0.717, 1.165) is 30.8 Å². The van der Waals surface area contributed by atoms with E-state index in [2.05, 4.69) is 4.37 Å². The molecule has 1 aromatic carbocycles. The largest absolute Gasteiger partial charge is 0.492 e. The monoisotopic (exact) mass is 454 g/mol. The van der Waals surface area contributed by atoms with Crippen LogP contribution in [0, 0.1) is 11.7 Å². The number of H-pyrrole nitrogens is 1. The molecule has 7 nitrogen and oxygen atoms in total. The van der Waals surface area contributed by atoms with Crippen molar-refractivity contribution in [3.63, 3.8) is 0 Å². The molecule has 2 atom stereocenters. The molecule has 3 heterocycles. The Morgan fingerprint density at radius 1 is 1.33 bits per heavy atom. The normalized spacial score (nSPS) is 20.0. The summed E-state index contributed by atoms with van der Waals surface area (Å²) in [5, 5.41) is 0.288. The molecule has 162 valence electrons. The van der Waals surface area contributed by atoms with Crippen LogP contribution in [0.25, 0.3) is 21.1 Å². The summed E-state index contributed by atoms with van der Waals surface area (Å²) in [5.41, 5.74) is 6.14. The number of nitrogens with two attached hydrogens (primary N) is 1. The van der Waals surface area contributed by atoms with Crippen molar-refractivity contribution in [3.8, 4) is 5.75 Å². The third kappa shape index (κ3) is 3.02. The summed E-state index contributed by atoms with van der Waals surface area (Å²) in [4.78, 5) is 27.9. The number of nitrogens with one attached hydrogen (secondary N) is 1. The van der Waals surface area contributed by atoms with Gasteiger partial charge in [-0.25, -0.2) is 4.39 Å². The van der Waals surface area contributed by atoms with E-state index in [9.17, 15) is 9.59 Å². The van der Waals surface area contributed by atoms with Crippen LogP contribution in [0.4, 0.5) is 10.1 Å². The van der Waals surface area contributed by atoms with E-state index >= 15 is 4.39 Å². The minimum atomic E-state index is -0.509. The molecule has 2 fully saturated rings. The summed E-state index contributed by atoms with van der Waals surface area (Å²) in [6, 6.07) is 1.47. The molecule has 1 aliphatic heterocycles. The van der Waals surface area contributed by atoms with Gasteiger partial charge in [0.15, 0.2) is 11.6 Å². The van der Waals surface area contributed by atoms with Crippen LogP contribution in [0.5, 0.6) is 5.75 Å². The Hall–Kier alpha value is -2.10. The van der Waals surface area contributed by atoms with Gasteiger partial charge in [0.2, 0.25) is 5.43 Å². The number of ether oxygens (including phenoxy) is 1. The molecule has 5 rings (SSSR count). The van der Waals surface area contributed by atoms with Gasteiger partial charge < -0.3 is 19.9 Å². The van der Waals surface area contributed by atoms with Gasteiger partial charge in [-0.15, -0.1) is 12.4 Å². The Labute approximate surface area is 182 Å². The Kier molecular flexibility index (Phi) is 5.32. The first-order valence-electron chi connectivity index (χ1n) is 9.88. The van der Waals surface area contributed by atoms with Crippen LogP contribution in [0.2, 0.25) is 0 Å². The average molecular weight is 455 g/mol. The highest BCUT2D eigenvalue weighted by Crippen LogP contribution is 2.46. The number of aromatic nitrogens is 2. The SMILES string of the molecule is COc1c(N2CC[C@H]([C@H](C)N)C2)c(F)cc2c(=O)c3c(=O)[nH]sc3n(C3CC3)c12.Cl. The van der Waals surface area contributed by atoms with Gasteiger partial charge in [0, 0.05) is 25.2 Å². The highest BCUT2D eigenvalue weighted by atomic mass is 35.5. The van der Waals surface area contributed by atoms with E-state index in [-0.39, 0.29) is 41.2 Å². The van der Waals surface area contributed by atoms with Gasteiger partial charge >= 0.3 is 0 Å². The molecule has 0 amide bonds. The van der Waals surface area contributed by atoms with E-state index in [1.807, 2.05) is 16.4 Å². The van der Waals surface area contributed by atoms with E-state index in [1.165, 1.54) is 13.2 Å². The predicted molar refractivity (Wildman–Crippen MR) is 120 cm³/mol. The topological polar surface area (TPSA) is 93.3 Å². The number of nitrogens with zero attached hydrogens (tertiary/aromatic N) is 2. The molecule has 1 saturated carbocycles. The maximum atomic E-state index is 15.3. The van der Waals surface area contributed by atoms with E-state index in [4.69, 9.17) is 10.5 Å². The van der Waals surface area contributed by atoms with Crippen LogP contribution in [0.15, 0.2) is 15.7 Å². The zero-order valence-electron chi connectivity index (χ0n) is 16.7. The van der Waals surface area contributed by atoms with E-state index in [1.54, 1.807) is 0 Å². The summed E-state index contributed by atoms with van der Waals surface area (Å²) >= 11 is 1.15. The molecule has 1 saturated heterocycles. The number of aromatic amines is 1. The first-order valence-corrected chi connectivity index (χ1v) is 10.7. The van der Waals surface area contributed by atoms with Crippen LogP contribution < -0.4 is 26.4 Å². The zero-order chi connectivity index (χ0) is 20.4. The minimum absolute atomic E-state index is 0. The van der Waals surface area contributed by atoms with Crippen molar-refractivity contribution in [3.05, 3.63) is 32.5 Å².